The van der Waals surface area contributed by atoms with Crippen molar-refractivity contribution >= 4 is 46.0 Å². The summed E-state index contributed by atoms with van der Waals surface area (Å²) in [6.07, 6.45) is 0. The molecule has 1 heterocycles. The van der Waals surface area contributed by atoms with Gasteiger partial charge in [-0.1, -0.05) is 17.7 Å². The van der Waals surface area contributed by atoms with E-state index in [4.69, 9.17) is 17.0 Å². The first-order chi connectivity index (χ1) is 10.0. The molecule has 0 radical (unpaired) electrons. The van der Waals surface area contributed by atoms with Crippen LogP contribution in [0.15, 0.2) is 29.6 Å². The largest absolute Gasteiger partial charge is 0.465 e. The number of carbonyl (C=O) groups is 1. The molecule has 0 saturated heterocycles. The average molecular weight is 320 g/mol. The Balaban J connectivity index is 2.09. The minimum atomic E-state index is -0.373. The van der Waals surface area contributed by atoms with Crippen LogP contribution in [0, 0.1) is 13.8 Å². The highest BCUT2D eigenvalue weighted by Gasteiger charge is 2.14. The summed E-state index contributed by atoms with van der Waals surface area (Å²) in [6.45, 7) is 4.06. The van der Waals surface area contributed by atoms with Gasteiger partial charge < -0.3 is 15.4 Å². The Morgan fingerprint density at radius 3 is 2.57 bits per heavy atom. The Morgan fingerprint density at radius 2 is 1.90 bits per heavy atom. The van der Waals surface area contributed by atoms with Crippen molar-refractivity contribution < 1.29 is 9.53 Å². The van der Waals surface area contributed by atoms with E-state index in [0.29, 0.717) is 15.7 Å². The Kier molecular flexibility index (Phi) is 4.93. The molecule has 4 nitrogen and oxygen atoms in total. The molecule has 0 bridgehead atoms. The fraction of sp³-hybridized carbons (Fsp3) is 0.200. The number of methoxy groups -OCH3 is 1. The molecule has 2 N–H and O–H groups in total. The zero-order valence-electron chi connectivity index (χ0n) is 12.0. The zero-order valence-corrected chi connectivity index (χ0v) is 13.7. The van der Waals surface area contributed by atoms with Gasteiger partial charge in [-0.25, -0.2) is 4.79 Å². The lowest BCUT2D eigenvalue weighted by Crippen LogP contribution is -2.20. The predicted molar refractivity (Wildman–Crippen MR) is 91.4 cm³/mol. The summed E-state index contributed by atoms with van der Waals surface area (Å²) in [5.74, 6) is -0.373. The fourth-order valence-electron chi connectivity index (χ4n) is 1.89. The average Bonchev–Trinajstić information content (AvgIpc) is 2.89. The Morgan fingerprint density at radius 1 is 1.19 bits per heavy atom. The highest BCUT2D eigenvalue weighted by Crippen LogP contribution is 2.24. The van der Waals surface area contributed by atoms with Gasteiger partial charge in [-0.3, -0.25) is 0 Å². The van der Waals surface area contributed by atoms with Crippen molar-refractivity contribution in [2.45, 2.75) is 13.8 Å². The Hall–Kier alpha value is -1.92. The number of carbonyl (C=O) groups excluding carboxylic acids is 1. The standard InChI is InChI=1S/C15H16N2O2S2/c1-9-4-5-11(10(2)8-9)16-15(20)17-12-6-7-21-13(12)14(18)19-3/h4-8H,1-3H3,(H2,16,17,20). The molecule has 21 heavy (non-hydrogen) atoms. The van der Waals surface area contributed by atoms with Gasteiger partial charge in [-0.2, -0.15) is 0 Å². The van der Waals surface area contributed by atoms with E-state index >= 15 is 0 Å². The monoisotopic (exact) mass is 320 g/mol. The van der Waals surface area contributed by atoms with Gasteiger partial charge in [-0.15, -0.1) is 11.3 Å². The van der Waals surface area contributed by atoms with Crippen LogP contribution in [0.25, 0.3) is 0 Å². The summed E-state index contributed by atoms with van der Waals surface area (Å²) in [7, 11) is 1.36. The summed E-state index contributed by atoms with van der Waals surface area (Å²) in [5, 5.41) is 8.41. The van der Waals surface area contributed by atoms with E-state index in [2.05, 4.69) is 16.7 Å². The molecule has 0 aliphatic rings. The molecule has 2 rings (SSSR count). The Bertz CT molecular complexity index is 680. The van der Waals surface area contributed by atoms with Crippen LogP contribution in [0.3, 0.4) is 0 Å². The number of hydrogen-bond acceptors (Lipinski definition) is 4. The van der Waals surface area contributed by atoms with Gasteiger partial charge in [0.25, 0.3) is 0 Å². The molecule has 1 aromatic carbocycles. The molecular formula is C15H16N2O2S2. The molecule has 110 valence electrons. The number of esters is 1. The summed E-state index contributed by atoms with van der Waals surface area (Å²) >= 11 is 6.60. The molecule has 0 atom stereocenters. The molecular weight excluding hydrogens is 304 g/mol. The number of hydrogen-bond donors (Lipinski definition) is 2. The second-order valence-corrected chi connectivity index (χ2v) is 5.88. The van der Waals surface area contributed by atoms with E-state index in [1.54, 1.807) is 6.07 Å². The van der Waals surface area contributed by atoms with E-state index in [1.165, 1.54) is 24.0 Å². The maximum Gasteiger partial charge on any atom is 0.350 e. The lowest BCUT2D eigenvalue weighted by atomic mass is 10.1. The molecule has 1 aromatic heterocycles. The van der Waals surface area contributed by atoms with Crippen molar-refractivity contribution in [1.82, 2.24) is 0 Å². The van der Waals surface area contributed by atoms with Crippen LogP contribution in [0.1, 0.15) is 20.8 Å². The van der Waals surface area contributed by atoms with Crippen molar-refractivity contribution in [1.29, 1.82) is 0 Å². The van der Waals surface area contributed by atoms with Gasteiger partial charge in [0, 0.05) is 5.69 Å². The smallest absolute Gasteiger partial charge is 0.350 e. The van der Waals surface area contributed by atoms with Gasteiger partial charge in [0.2, 0.25) is 0 Å². The number of benzene rings is 1. The highest BCUT2D eigenvalue weighted by molar-refractivity contribution is 7.80. The summed E-state index contributed by atoms with van der Waals surface area (Å²) in [4.78, 5) is 12.1. The number of rotatable bonds is 3. The van der Waals surface area contributed by atoms with Gasteiger partial charge in [0.1, 0.15) is 4.88 Å². The first kappa shape index (κ1) is 15.5. The van der Waals surface area contributed by atoms with Crippen molar-refractivity contribution in [3.8, 4) is 0 Å². The van der Waals surface area contributed by atoms with Crippen LogP contribution in [-0.2, 0) is 4.74 Å². The van der Waals surface area contributed by atoms with E-state index in [9.17, 15) is 4.79 Å². The lowest BCUT2D eigenvalue weighted by molar-refractivity contribution is 0.0607. The van der Waals surface area contributed by atoms with Gasteiger partial charge in [0.05, 0.1) is 12.8 Å². The lowest BCUT2D eigenvalue weighted by Gasteiger charge is -2.13. The molecule has 0 aliphatic heterocycles. The van der Waals surface area contributed by atoms with Gasteiger partial charge in [-0.05, 0) is 49.1 Å². The molecule has 0 saturated carbocycles. The number of thiophene rings is 1. The first-order valence-corrected chi connectivity index (χ1v) is 7.61. The molecule has 6 heteroatoms. The van der Waals surface area contributed by atoms with Crippen LogP contribution in [0.4, 0.5) is 11.4 Å². The minimum absolute atomic E-state index is 0.373. The second-order valence-electron chi connectivity index (χ2n) is 4.55. The summed E-state index contributed by atoms with van der Waals surface area (Å²) in [6, 6.07) is 7.87. The number of anilines is 2. The Labute approximate surface area is 133 Å². The number of thiocarbonyl (C=S) groups is 1. The van der Waals surface area contributed by atoms with Crippen molar-refractivity contribution in [2.75, 3.05) is 17.7 Å². The van der Waals surface area contributed by atoms with Crippen molar-refractivity contribution in [3.63, 3.8) is 0 Å². The fourth-order valence-corrected chi connectivity index (χ4v) is 2.87. The van der Waals surface area contributed by atoms with Crippen molar-refractivity contribution in [2.24, 2.45) is 0 Å². The van der Waals surface area contributed by atoms with Gasteiger partial charge >= 0.3 is 5.97 Å². The van der Waals surface area contributed by atoms with E-state index in [1.807, 2.05) is 31.4 Å². The summed E-state index contributed by atoms with van der Waals surface area (Å²) in [5.41, 5.74) is 3.89. The molecule has 0 fully saturated rings. The van der Waals surface area contributed by atoms with E-state index in [-0.39, 0.29) is 5.97 Å². The second kappa shape index (κ2) is 6.69. The molecule has 0 aliphatic carbocycles. The maximum atomic E-state index is 11.6. The third-order valence-electron chi connectivity index (χ3n) is 2.91. The molecule has 0 unspecified atom stereocenters. The highest BCUT2D eigenvalue weighted by atomic mass is 32.1. The SMILES string of the molecule is COC(=O)c1sccc1NC(=S)Nc1ccc(C)cc1C. The van der Waals surface area contributed by atoms with Crippen molar-refractivity contribution in [3.05, 3.63) is 45.6 Å². The van der Waals surface area contributed by atoms with Crippen LogP contribution in [0.2, 0.25) is 0 Å². The first-order valence-electron chi connectivity index (χ1n) is 6.32. The third-order valence-corrected chi connectivity index (χ3v) is 4.01. The maximum absolute atomic E-state index is 11.6. The number of nitrogens with one attached hydrogen (secondary N) is 2. The molecule has 0 spiro atoms. The van der Waals surface area contributed by atoms with E-state index in [0.717, 1.165) is 11.3 Å². The predicted octanol–water partition coefficient (Wildman–Crippen LogP) is 3.96. The topological polar surface area (TPSA) is 50.4 Å². The van der Waals surface area contributed by atoms with Crippen LogP contribution in [0.5, 0.6) is 0 Å². The van der Waals surface area contributed by atoms with Crippen LogP contribution in [-0.4, -0.2) is 18.2 Å². The summed E-state index contributed by atoms with van der Waals surface area (Å²) < 4.78 is 4.74. The quantitative estimate of drug-likeness (QED) is 0.662. The third kappa shape index (κ3) is 3.80. The number of aryl methyl sites for hydroxylation is 2. The zero-order chi connectivity index (χ0) is 15.4. The van der Waals surface area contributed by atoms with Gasteiger partial charge in [0.15, 0.2) is 5.11 Å². The molecule has 2 aromatic rings. The van der Waals surface area contributed by atoms with Crippen LogP contribution < -0.4 is 10.6 Å². The number of ether oxygens (including phenoxy) is 1. The van der Waals surface area contributed by atoms with Crippen LogP contribution >= 0.6 is 23.6 Å². The van der Waals surface area contributed by atoms with E-state index < -0.39 is 0 Å². The molecule has 0 amide bonds. The minimum Gasteiger partial charge on any atom is -0.465 e. The normalized spacial score (nSPS) is 10.0.